The maximum atomic E-state index is 14.0. The van der Waals surface area contributed by atoms with E-state index in [0.717, 1.165) is 37.3 Å². The summed E-state index contributed by atoms with van der Waals surface area (Å²) in [7, 11) is -3.79. The SMILES string of the molecule is CCNC(=O)[C@H](Cc1ccccc1)N(Cc1cccc(Br)c1)C(=O)CN(c1ccc(C)c(C)c1)S(C)(=O)=O. The number of hydrogen-bond acceptors (Lipinski definition) is 4. The van der Waals surface area contributed by atoms with Gasteiger partial charge in [0, 0.05) is 24.0 Å². The zero-order valence-corrected chi connectivity index (χ0v) is 24.6. The van der Waals surface area contributed by atoms with Crippen LogP contribution in [-0.4, -0.2) is 50.5 Å². The van der Waals surface area contributed by atoms with Gasteiger partial charge in [-0.3, -0.25) is 13.9 Å². The summed E-state index contributed by atoms with van der Waals surface area (Å²) in [6.45, 7) is 5.77. The quantitative estimate of drug-likeness (QED) is 0.349. The number of carbonyl (C=O) groups is 2. The third-order valence-electron chi connectivity index (χ3n) is 6.32. The van der Waals surface area contributed by atoms with E-state index in [9.17, 15) is 18.0 Å². The fourth-order valence-electron chi connectivity index (χ4n) is 4.17. The van der Waals surface area contributed by atoms with Gasteiger partial charge in [-0.1, -0.05) is 64.5 Å². The molecule has 0 saturated carbocycles. The van der Waals surface area contributed by atoms with Gasteiger partial charge in [0.25, 0.3) is 0 Å². The van der Waals surface area contributed by atoms with Crippen molar-refractivity contribution in [1.82, 2.24) is 10.2 Å². The summed E-state index contributed by atoms with van der Waals surface area (Å²) in [4.78, 5) is 28.8. The van der Waals surface area contributed by atoms with Crippen molar-refractivity contribution in [3.05, 3.63) is 99.5 Å². The largest absolute Gasteiger partial charge is 0.355 e. The number of likely N-dealkylation sites (N-methyl/N-ethyl adjacent to an activating group) is 1. The van der Waals surface area contributed by atoms with Gasteiger partial charge in [0.15, 0.2) is 0 Å². The minimum Gasteiger partial charge on any atom is -0.355 e. The van der Waals surface area contributed by atoms with Crippen molar-refractivity contribution in [2.24, 2.45) is 0 Å². The van der Waals surface area contributed by atoms with Crippen molar-refractivity contribution in [3.63, 3.8) is 0 Å². The van der Waals surface area contributed by atoms with Crippen LogP contribution in [0, 0.1) is 13.8 Å². The van der Waals surface area contributed by atoms with Crippen LogP contribution in [0.1, 0.15) is 29.2 Å². The number of benzene rings is 3. The highest BCUT2D eigenvalue weighted by Gasteiger charge is 2.33. The lowest BCUT2D eigenvalue weighted by molar-refractivity contribution is -0.140. The second-order valence-corrected chi connectivity index (χ2v) is 12.1. The van der Waals surface area contributed by atoms with Crippen LogP contribution in [0.3, 0.4) is 0 Å². The molecule has 0 saturated heterocycles. The lowest BCUT2D eigenvalue weighted by atomic mass is 10.0. The minimum absolute atomic E-state index is 0.136. The molecule has 202 valence electrons. The monoisotopic (exact) mass is 599 g/mol. The highest BCUT2D eigenvalue weighted by atomic mass is 79.9. The molecular formula is C29H34BrN3O4S. The third-order valence-corrected chi connectivity index (χ3v) is 7.96. The molecule has 0 heterocycles. The molecule has 1 atom stereocenters. The molecule has 0 aliphatic carbocycles. The number of nitrogens with one attached hydrogen (secondary N) is 1. The predicted molar refractivity (Wildman–Crippen MR) is 155 cm³/mol. The maximum absolute atomic E-state index is 14.0. The van der Waals surface area contributed by atoms with E-state index in [2.05, 4.69) is 21.2 Å². The number of carbonyl (C=O) groups excluding carboxylic acids is 2. The lowest BCUT2D eigenvalue weighted by Gasteiger charge is -2.33. The summed E-state index contributed by atoms with van der Waals surface area (Å²) in [6.07, 6.45) is 1.37. The van der Waals surface area contributed by atoms with Crippen LogP contribution in [-0.2, 0) is 32.6 Å². The molecule has 0 aliphatic rings. The Morgan fingerprint density at radius 1 is 0.921 bits per heavy atom. The van der Waals surface area contributed by atoms with Crippen LogP contribution < -0.4 is 9.62 Å². The van der Waals surface area contributed by atoms with Crippen molar-refractivity contribution in [2.45, 2.75) is 39.8 Å². The molecule has 0 spiro atoms. The van der Waals surface area contributed by atoms with Crippen LogP contribution in [0.4, 0.5) is 5.69 Å². The first kappa shape index (κ1) is 29.4. The highest BCUT2D eigenvalue weighted by Crippen LogP contribution is 2.23. The minimum atomic E-state index is -3.79. The first-order valence-corrected chi connectivity index (χ1v) is 15.0. The number of sulfonamides is 1. The molecule has 0 aliphatic heterocycles. The first-order valence-electron chi connectivity index (χ1n) is 12.4. The Balaban J connectivity index is 2.05. The fourth-order valence-corrected chi connectivity index (χ4v) is 5.46. The molecule has 2 amide bonds. The molecule has 38 heavy (non-hydrogen) atoms. The highest BCUT2D eigenvalue weighted by molar-refractivity contribution is 9.10. The number of amides is 2. The summed E-state index contributed by atoms with van der Waals surface area (Å²) < 4.78 is 27.7. The standard InChI is InChI=1S/C29H34BrN3O4S/c1-5-31-29(35)27(18-23-10-7-6-8-11-23)32(19-24-12-9-13-25(30)17-24)28(34)20-33(38(4,36)37)26-15-14-21(2)22(3)16-26/h6-17,27H,5,18-20H2,1-4H3,(H,31,35)/t27-/m0/s1. The third kappa shape index (κ3) is 7.91. The van der Waals surface area contributed by atoms with E-state index < -0.39 is 28.5 Å². The number of nitrogens with zero attached hydrogens (tertiary/aromatic N) is 2. The van der Waals surface area contributed by atoms with Crippen LogP contribution in [0.15, 0.2) is 77.3 Å². The van der Waals surface area contributed by atoms with Gasteiger partial charge in [0.2, 0.25) is 21.8 Å². The van der Waals surface area contributed by atoms with Gasteiger partial charge in [-0.25, -0.2) is 8.42 Å². The first-order chi connectivity index (χ1) is 18.0. The van der Waals surface area contributed by atoms with Crippen LogP contribution in [0.25, 0.3) is 0 Å². The van der Waals surface area contributed by atoms with Crippen molar-refractivity contribution in [1.29, 1.82) is 0 Å². The Labute approximate surface area is 234 Å². The molecule has 0 bridgehead atoms. The predicted octanol–water partition coefficient (Wildman–Crippen LogP) is 4.61. The van der Waals surface area contributed by atoms with E-state index >= 15 is 0 Å². The van der Waals surface area contributed by atoms with Gasteiger partial charge >= 0.3 is 0 Å². The average Bonchev–Trinajstić information content (AvgIpc) is 2.86. The Bertz CT molecular complexity index is 1380. The van der Waals surface area contributed by atoms with E-state index in [-0.39, 0.29) is 18.9 Å². The van der Waals surface area contributed by atoms with E-state index in [1.807, 2.05) is 81.4 Å². The van der Waals surface area contributed by atoms with Gasteiger partial charge in [0.05, 0.1) is 11.9 Å². The van der Waals surface area contributed by atoms with Gasteiger partial charge in [-0.15, -0.1) is 0 Å². The summed E-state index contributed by atoms with van der Waals surface area (Å²) >= 11 is 3.47. The average molecular weight is 601 g/mol. The van der Waals surface area contributed by atoms with Gasteiger partial charge in [-0.05, 0) is 67.3 Å². The molecule has 0 unspecified atom stereocenters. The smallest absolute Gasteiger partial charge is 0.244 e. The molecule has 3 rings (SSSR count). The van der Waals surface area contributed by atoms with E-state index in [4.69, 9.17) is 0 Å². The van der Waals surface area contributed by atoms with E-state index in [0.29, 0.717) is 12.2 Å². The van der Waals surface area contributed by atoms with Crippen molar-refractivity contribution >= 4 is 43.5 Å². The van der Waals surface area contributed by atoms with Crippen LogP contribution >= 0.6 is 15.9 Å². The molecule has 1 N–H and O–H groups in total. The number of hydrogen-bond donors (Lipinski definition) is 1. The van der Waals surface area contributed by atoms with Gasteiger partial charge in [0.1, 0.15) is 12.6 Å². The van der Waals surface area contributed by atoms with Gasteiger partial charge in [-0.2, -0.15) is 0 Å². The number of halogens is 1. The molecule has 0 fully saturated rings. The molecule has 3 aromatic carbocycles. The van der Waals surface area contributed by atoms with Crippen LogP contribution in [0.5, 0.6) is 0 Å². The van der Waals surface area contributed by atoms with E-state index in [1.165, 1.54) is 4.90 Å². The summed E-state index contributed by atoms with van der Waals surface area (Å²) in [6, 6.07) is 21.4. The normalized spacial score (nSPS) is 12.0. The van der Waals surface area contributed by atoms with E-state index in [1.54, 1.807) is 12.1 Å². The fraction of sp³-hybridized carbons (Fsp3) is 0.310. The second-order valence-electron chi connectivity index (χ2n) is 9.29. The Morgan fingerprint density at radius 2 is 1.61 bits per heavy atom. The summed E-state index contributed by atoms with van der Waals surface area (Å²) in [5.74, 6) is -0.766. The number of aryl methyl sites for hydroxylation is 2. The number of anilines is 1. The second kappa shape index (κ2) is 13.1. The molecule has 7 nitrogen and oxygen atoms in total. The van der Waals surface area contributed by atoms with Crippen molar-refractivity contribution in [2.75, 3.05) is 23.7 Å². The zero-order chi connectivity index (χ0) is 27.9. The Kier molecular flexibility index (Phi) is 10.1. The maximum Gasteiger partial charge on any atom is 0.244 e. The molecule has 0 radical (unpaired) electrons. The molecular weight excluding hydrogens is 566 g/mol. The topological polar surface area (TPSA) is 86.8 Å². The Morgan fingerprint density at radius 3 is 2.21 bits per heavy atom. The molecule has 9 heteroatoms. The van der Waals surface area contributed by atoms with Crippen molar-refractivity contribution in [3.8, 4) is 0 Å². The molecule has 0 aromatic heterocycles. The number of rotatable bonds is 11. The zero-order valence-electron chi connectivity index (χ0n) is 22.1. The lowest BCUT2D eigenvalue weighted by Crippen LogP contribution is -2.53. The molecule has 3 aromatic rings. The van der Waals surface area contributed by atoms with Crippen LogP contribution in [0.2, 0.25) is 0 Å². The Hall–Kier alpha value is -3.17. The van der Waals surface area contributed by atoms with Gasteiger partial charge < -0.3 is 10.2 Å². The summed E-state index contributed by atoms with van der Waals surface area (Å²) in [5, 5.41) is 2.85. The summed E-state index contributed by atoms with van der Waals surface area (Å²) in [5.41, 5.74) is 4.05. The van der Waals surface area contributed by atoms with Crippen molar-refractivity contribution < 1.29 is 18.0 Å².